The number of carboxylic acids is 2. The number of aliphatic carboxylic acids is 2. The summed E-state index contributed by atoms with van der Waals surface area (Å²) in [5.74, 6) is -4.29. The smallest absolute Gasteiger partial charge is 0.313 e. The number of carbonyl (C=O) groups is 2. The van der Waals surface area contributed by atoms with E-state index in [1.165, 1.54) is 12.2 Å². The van der Waals surface area contributed by atoms with Crippen LogP contribution in [0.1, 0.15) is 23.3 Å². The lowest BCUT2D eigenvalue weighted by molar-refractivity contribution is -0.154. The number of benzene rings is 2. The van der Waals surface area contributed by atoms with Gasteiger partial charge in [-0.15, -0.1) is 13.2 Å². The summed E-state index contributed by atoms with van der Waals surface area (Å²) in [4.78, 5) is 23.5. The first-order valence-electron chi connectivity index (χ1n) is 8.45. The second-order valence-corrected chi connectivity index (χ2v) is 6.00. The molecule has 0 saturated heterocycles. The first kappa shape index (κ1) is 20.1. The highest BCUT2D eigenvalue weighted by Gasteiger charge is 2.35. The van der Waals surface area contributed by atoms with Crippen LogP contribution in [0.4, 0.5) is 0 Å². The lowest BCUT2D eigenvalue weighted by atomic mass is 9.92. The van der Waals surface area contributed by atoms with E-state index < -0.39 is 36.0 Å². The topological polar surface area (TPSA) is 83.8 Å². The zero-order valence-electron chi connectivity index (χ0n) is 14.8. The molecule has 0 fully saturated rings. The first-order valence-corrected chi connectivity index (χ1v) is 8.45. The van der Waals surface area contributed by atoms with Gasteiger partial charge in [-0.25, -0.2) is 0 Å². The maximum Gasteiger partial charge on any atom is 0.313 e. The number of carboxylic acid groups (broad SMARTS) is 2. The van der Waals surface area contributed by atoms with Crippen molar-refractivity contribution in [3.05, 3.63) is 97.1 Å². The number of ether oxygens (including phenoxy) is 1. The highest BCUT2D eigenvalue weighted by atomic mass is 16.5. The highest BCUT2D eigenvalue weighted by Crippen LogP contribution is 2.37. The fourth-order valence-corrected chi connectivity index (χ4v) is 2.89. The second kappa shape index (κ2) is 9.50. The summed E-state index contributed by atoms with van der Waals surface area (Å²) in [5, 5.41) is 19.2. The Kier molecular flexibility index (Phi) is 7.08. The summed E-state index contributed by atoms with van der Waals surface area (Å²) in [6.45, 7) is 7.22. The SMILES string of the molecule is C=CC(C(=O)O)C(OC(c1ccccc1)C(C=C)C(=O)O)c1ccccc1. The zero-order chi connectivity index (χ0) is 19.8. The molecule has 5 nitrogen and oxygen atoms in total. The van der Waals surface area contributed by atoms with Crippen molar-refractivity contribution in [2.45, 2.75) is 12.2 Å². The van der Waals surface area contributed by atoms with Gasteiger partial charge in [-0.3, -0.25) is 9.59 Å². The summed E-state index contributed by atoms with van der Waals surface area (Å²) in [6, 6.07) is 17.7. The summed E-state index contributed by atoms with van der Waals surface area (Å²) in [5.41, 5.74) is 1.25. The molecule has 0 bridgehead atoms. The quantitative estimate of drug-likeness (QED) is 0.614. The fraction of sp³-hybridized carbons (Fsp3) is 0.182. The maximum atomic E-state index is 11.7. The Labute approximate surface area is 158 Å². The van der Waals surface area contributed by atoms with Gasteiger partial charge in [-0.05, 0) is 11.1 Å². The molecule has 0 radical (unpaired) electrons. The van der Waals surface area contributed by atoms with E-state index in [2.05, 4.69) is 13.2 Å². The standard InChI is InChI=1S/C22H22O5/c1-3-17(21(23)24)19(15-11-7-5-8-12-15)27-20(18(4-2)22(25)26)16-13-9-6-10-14-16/h3-14,17-20H,1-2H2,(H,23,24)(H,25,26). The molecule has 0 amide bonds. The summed E-state index contributed by atoms with van der Waals surface area (Å²) in [7, 11) is 0. The molecule has 0 aliphatic rings. The van der Waals surface area contributed by atoms with Crippen molar-refractivity contribution >= 4 is 11.9 Å². The Bertz CT molecular complexity index is 717. The van der Waals surface area contributed by atoms with Gasteiger partial charge in [0.1, 0.15) is 24.0 Å². The van der Waals surface area contributed by atoms with Crippen LogP contribution >= 0.6 is 0 Å². The van der Waals surface area contributed by atoms with E-state index >= 15 is 0 Å². The van der Waals surface area contributed by atoms with Crippen LogP contribution in [0.3, 0.4) is 0 Å². The highest BCUT2D eigenvalue weighted by molar-refractivity contribution is 5.74. The molecule has 5 heteroatoms. The van der Waals surface area contributed by atoms with E-state index in [9.17, 15) is 19.8 Å². The Morgan fingerprint density at radius 3 is 1.33 bits per heavy atom. The molecule has 140 valence electrons. The van der Waals surface area contributed by atoms with Crippen LogP contribution in [0.5, 0.6) is 0 Å². The van der Waals surface area contributed by atoms with E-state index in [1.54, 1.807) is 48.5 Å². The third-order valence-corrected chi connectivity index (χ3v) is 4.28. The summed E-state index contributed by atoms with van der Waals surface area (Å²) in [6.07, 6.45) is 0.777. The van der Waals surface area contributed by atoms with E-state index in [1.807, 2.05) is 12.1 Å². The van der Waals surface area contributed by atoms with Gasteiger partial charge in [-0.1, -0.05) is 72.8 Å². The Balaban J connectivity index is 2.52. The van der Waals surface area contributed by atoms with Crippen LogP contribution in [0.2, 0.25) is 0 Å². The predicted octanol–water partition coefficient (Wildman–Crippen LogP) is 4.26. The summed E-state index contributed by atoms with van der Waals surface area (Å²) >= 11 is 0. The Morgan fingerprint density at radius 1 is 0.741 bits per heavy atom. The molecule has 0 aromatic heterocycles. The van der Waals surface area contributed by atoms with Crippen molar-refractivity contribution in [1.82, 2.24) is 0 Å². The van der Waals surface area contributed by atoms with Crippen LogP contribution < -0.4 is 0 Å². The molecule has 2 aromatic carbocycles. The number of rotatable bonds is 10. The third-order valence-electron chi connectivity index (χ3n) is 4.28. The Hall–Kier alpha value is -3.18. The average Bonchev–Trinajstić information content (AvgIpc) is 2.68. The molecule has 0 saturated carbocycles. The van der Waals surface area contributed by atoms with Gasteiger partial charge in [0.2, 0.25) is 0 Å². The zero-order valence-corrected chi connectivity index (χ0v) is 14.8. The van der Waals surface area contributed by atoms with Crippen LogP contribution in [0.25, 0.3) is 0 Å². The fourth-order valence-electron chi connectivity index (χ4n) is 2.89. The molecule has 0 spiro atoms. The molecule has 2 N–H and O–H groups in total. The van der Waals surface area contributed by atoms with E-state index in [4.69, 9.17) is 4.74 Å². The molecule has 27 heavy (non-hydrogen) atoms. The molecular weight excluding hydrogens is 344 g/mol. The molecule has 0 heterocycles. The molecule has 4 atom stereocenters. The lowest BCUT2D eigenvalue weighted by Crippen LogP contribution is -2.29. The predicted molar refractivity (Wildman–Crippen MR) is 102 cm³/mol. The van der Waals surface area contributed by atoms with E-state index in [0.717, 1.165) is 0 Å². The van der Waals surface area contributed by atoms with Gasteiger partial charge >= 0.3 is 11.9 Å². The number of hydrogen-bond acceptors (Lipinski definition) is 3. The molecule has 0 aliphatic carbocycles. The Morgan fingerprint density at radius 2 is 1.07 bits per heavy atom. The van der Waals surface area contributed by atoms with Crippen molar-refractivity contribution in [3.63, 3.8) is 0 Å². The van der Waals surface area contributed by atoms with Gasteiger partial charge < -0.3 is 14.9 Å². The third kappa shape index (κ3) is 4.92. The van der Waals surface area contributed by atoms with Crippen molar-refractivity contribution in [2.24, 2.45) is 11.8 Å². The minimum absolute atomic E-state index is 0.624. The van der Waals surface area contributed by atoms with Crippen LogP contribution in [-0.2, 0) is 14.3 Å². The van der Waals surface area contributed by atoms with Crippen molar-refractivity contribution < 1.29 is 24.5 Å². The van der Waals surface area contributed by atoms with Crippen LogP contribution in [0.15, 0.2) is 86.0 Å². The van der Waals surface area contributed by atoms with Gasteiger partial charge in [0.25, 0.3) is 0 Å². The van der Waals surface area contributed by atoms with Crippen molar-refractivity contribution in [1.29, 1.82) is 0 Å². The molecule has 2 rings (SSSR count). The van der Waals surface area contributed by atoms with E-state index in [0.29, 0.717) is 11.1 Å². The second-order valence-electron chi connectivity index (χ2n) is 6.00. The van der Waals surface area contributed by atoms with Crippen molar-refractivity contribution in [3.8, 4) is 0 Å². The molecule has 4 unspecified atom stereocenters. The number of hydrogen-bond donors (Lipinski definition) is 2. The molecule has 0 aliphatic heterocycles. The molecular formula is C22H22O5. The van der Waals surface area contributed by atoms with Gasteiger partial charge in [0, 0.05) is 0 Å². The average molecular weight is 366 g/mol. The van der Waals surface area contributed by atoms with Crippen LogP contribution in [-0.4, -0.2) is 22.2 Å². The lowest BCUT2D eigenvalue weighted by Gasteiger charge is -2.30. The summed E-state index contributed by atoms with van der Waals surface area (Å²) < 4.78 is 6.15. The van der Waals surface area contributed by atoms with Gasteiger partial charge in [-0.2, -0.15) is 0 Å². The monoisotopic (exact) mass is 366 g/mol. The minimum Gasteiger partial charge on any atom is -0.481 e. The first-order chi connectivity index (χ1) is 13.0. The van der Waals surface area contributed by atoms with Gasteiger partial charge in [0.05, 0.1) is 0 Å². The van der Waals surface area contributed by atoms with Crippen molar-refractivity contribution in [2.75, 3.05) is 0 Å². The normalized spacial score (nSPS) is 15.1. The molecule has 2 aromatic rings. The minimum atomic E-state index is -1.10. The largest absolute Gasteiger partial charge is 0.481 e. The van der Waals surface area contributed by atoms with Gasteiger partial charge in [0.15, 0.2) is 0 Å². The van der Waals surface area contributed by atoms with Crippen LogP contribution in [0, 0.1) is 11.8 Å². The van der Waals surface area contributed by atoms with E-state index in [-0.39, 0.29) is 0 Å². The maximum absolute atomic E-state index is 11.7.